The third kappa shape index (κ3) is 10.4. The number of nitrogens with zero attached hydrogens (tertiary/aromatic N) is 1. The first-order chi connectivity index (χ1) is 6.85. The third-order valence-electron chi connectivity index (χ3n) is 2.40. The molecule has 0 aromatic carbocycles. The lowest BCUT2D eigenvalue weighted by Crippen LogP contribution is -2.26. The molecule has 0 aliphatic carbocycles. The molecule has 0 radical (unpaired) electrons. The van der Waals surface area contributed by atoms with Crippen molar-refractivity contribution in [2.24, 2.45) is 5.92 Å². The van der Waals surface area contributed by atoms with Crippen molar-refractivity contribution in [1.29, 1.82) is 0 Å². The lowest BCUT2D eigenvalue weighted by molar-refractivity contribution is -0.137. The Bertz CT molecular complexity index is 161. The lowest BCUT2D eigenvalue weighted by Gasteiger charge is -2.19. The van der Waals surface area contributed by atoms with Gasteiger partial charge >= 0.3 is 6.18 Å². The van der Waals surface area contributed by atoms with E-state index in [2.05, 4.69) is 19.6 Å². The number of hydrogen-bond donors (Lipinski definition) is 1. The van der Waals surface area contributed by atoms with Gasteiger partial charge in [-0.1, -0.05) is 6.92 Å². The highest BCUT2D eigenvalue weighted by Crippen LogP contribution is 2.19. The molecule has 1 atom stereocenters. The number of hydrogen-bond acceptors (Lipinski definition) is 2. The van der Waals surface area contributed by atoms with Crippen molar-refractivity contribution in [2.75, 3.05) is 25.9 Å². The van der Waals surface area contributed by atoms with Crippen molar-refractivity contribution in [3.63, 3.8) is 0 Å². The van der Waals surface area contributed by atoms with E-state index in [0.29, 0.717) is 5.92 Å². The average Bonchev–Trinajstić information content (AvgIpc) is 2.11. The molecule has 0 saturated heterocycles. The molecule has 0 aromatic rings. The molecule has 0 heterocycles. The first kappa shape index (κ1) is 15.1. The van der Waals surface area contributed by atoms with Gasteiger partial charge in [0.2, 0.25) is 0 Å². The quantitative estimate of drug-likeness (QED) is 0.672. The fraction of sp³-hybridized carbons (Fsp3) is 1.00. The number of halogens is 3. The highest BCUT2D eigenvalue weighted by atomic mass is 32.1. The Morgan fingerprint density at radius 3 is 2.27 bits per heavy atom. The second-order valence-electron chi connectivity index (χ2n) is 4.07. The Kier molecular flexibility index (Phi) is 7.44. The molecular formula is C10H20F3NS. The van der Waals surface area contributed by atoms with E-state index >= 15 is 0 Å². The largest absolute Gasteiger partial charge is 0.390 e. The molecule has 1 nitrogen and oxygen atoms in total. The zero-order valence-corrected chi connectivity index (χ0v) is 10.2. The van der Waals surface area contributed by atoms with Crippen LogP contribution in [0.25, 0.3) is 0 Å². The maximum atomic E-state index is 11.9. The smallest absolute Gasteiger partial charge is 0.306 e. The summed E-state index contributed by atoms with van der Waals surface area (Å²) in [7, 11) is 1.74. The molecule has 0 bridgehead atoms. The summed E-state index contributed by atoms with van der Waals surface area (Å²) in [6.45, 7) is 2.93. The van der Waals surface area contributed by atoms with Gasteiger partial charge in [0.1, 0.15) is 0 Å². The van der Waals surface area contributed by atoms with Crippen molar-refractivity contribution in [3.8, 4) is 0 Å². The summed E-state index contributed by atoms with van der Waals surface area (Å²) in [5.74, 6) is 1.38. The van der Waals surface area contributed by atoms with Gasteiger partial charge in [0.15, 0.2) is 0 Å². The molecule has 0 saturated carbocycles. The van der Waals surface area contributed by atoms with E-state index in [1.165, 1.54) is 0 Å². The Labute approximate surface area is 95.4 Å². The van der Waals surface area contributed by atoms with Crippen LogP contribution in [0.2, 0.25) is 0 Å². The van der Waals surface area contributed by atoms with Crippen LogP contribution in [-0.2, 0) is 0 Å². The summed E-state index contributed by atoms with van der Waals surface area (Å²) in [4.78, 5) is 1.74. The zero-order chi connectivity index (χ0) is 11.9. The molecule has 0 aromatic heterocycles. The van der Waals surface area contributed by atoms with E-state index in [-0.39, 0.29) is 6.54 Å². The number of thiol groups is 1. The van der Waals surface area contributed by atoms with Gasteiger partial charge in [-0.15, -0.1) is 0 Å². The second-order valence-corrected chi connectivity index (χ2v) is 4.52. The predicted molar refractivity (Wildman–Crippen MR) is 60.4 cm³/mol. The molecule has 92 valence electrons. The fourth-order valence-corrected chi connectivity index (χ4v) is 1.68. The highest BCUT2D eigenvalue weighted by Gasteiger charge is 2.26. The van der Waals surface area contributed by atoms with Crippen LogP contribution in [0, 0.1) is 5.92 Å². The average molecular weight is 243 g/mol. The van der Waals surface area contributed by atoms with Crippen LogP contribution in [0.15, 0.2) is 0 Å². The summed E-state index contributed by atoms with van der Waals surface area (Å²) in [6.07, 6.45) is -2.79. The summed E-state index contributed by atoms with van der Waals surface area (Å²) < 4.78 is 35.7. The SMILES string of the molecule is CC(CCS)CCN(C)CCC(F)(F)F. The molecule has 0 aliphatic heterocycles. The van der Waals surface area contributed by atoms with Gasteiger partial charge in [-0.05, 0) is 38.1 Å². The minimum absolute atomic E-state index is 0.0943. The summed E-state index contributed by atoms with van der Waals surface area (Å²) in [5.41, 5.74) is 0. The molecule has 0 spiro atoms. The van der Waals surface area contributed by atoms with Gasteiger partial charge in [0.05, 0.1) is 6.42 Å². The number of rotatable bonds is 7. The van der Waals surface area contributed by atoms with Crippen LogP contribution >= 0.6 is 12.6 Å². The van der Waals surface area contributed by atoms with Gasteiger partial charge in [-0.3, -0.25) is 0 Å². The Hall–Kier alpha value is 0.100. The second kappa shape index (κ2) is 7.39. The minimum atomic E-state index is -4.04. The molecule has 5 heteroatoms. The van der Waals surface area contributed by atoms with Crippen LogP contribution in [0.1, 0.15) is 26.2 Å². The highest BCUT2D eigenvalue weighted by molar-refractivity contribution is 7.80. The van der Waals surface area contributed by atoms with Crippen LogP contribution in [0.3, 0.4) is 0 Å². The van der Waals surface area contributed by atoms with E-state index in [0.717, 1.165) is 25.1 Å². The van der Waals surface area contributed by atoms with E-state index in [4.69, 9.17) is 0 Å². The molecule has 1 unspecified atom stereocenters. The molecule has 0 fully saturated rings. The van der Waals surface area contributed by atoms with Gasteiger partial charge in [-0.2, -0.15) is 25.8 Å². The zero-order valence-electron chi connectivity index (χ0n) is 9.35. The Balaban J connectivity index is 3.53. The van der Waals surface area contributed by atoms with Gasteiger partial charge < -0.3 is 4.90 Å². The summed E-state index contributed by atoms with van der Waals surface area (Å²) in [5, 5.41) is 0. The van der Waals surface area contributed by atoms with Crippen molar-refractivity contribution < 1.29 is 13.2 Å². The first-order valence-electron chi connectivity index (χ1n) is 5.21. The molecule has 15 heavy (non-hydrogen) atoms. The van der Waals surface area contributed by atoms with E-state index in [1.807, 2.05) is 0 Å². The van der Waals surface area contributed by atoms with Crippen LogP contribution < -0.4 is 0 Å². The summed E-state index contributed by atoms with van der Waals surface area (Å²) in [6, 6.07) is 0. The van der Waals surface area contributed by atoms with Gasteiger partial charge in [0.25, 0.3) is 0 Å². The number of alkyl halides is 3. The monoisotopic (exact) mass is 243 g/mol. The minimum Gasteiger partial charge on any atom is -0.306 e. The van der Waals surface area contributed by atoms with E-state index < -0.39 is 12.6 Å². The maximum absolute atomic E-state index is 11.9. The van der Waals surface area contributed by atoms with Gasteiger partial charge in [-0.25, -0.2) is 0 Å². The van der Waals surface area contributed by atoms with Crippen molar-refractivity contribution in [3.05, 3.63) is 0 Å². The topological polar surface area (TPSA) is 3.24 Å². The summed E-state index contributed by atoms with van der Waals surface area (Å²) >= 11 is 4.12. The van der Waals surface area contributed by atoms with Crippen molar-refractivity contribution >= 4 is 12.6 Å². The van der Waals surface area contributed by atoms with Crippen molar-refractivity contribution in [2.45, 2.75) is 32.4 Å². The van der Waals surface area contributed by atoms with E-state index in [9.17, 15) is 13.2 Å². The third-order valence-corrected chi connectivity index (χ3v) is 2.66. The van der Waals surface area contributed by atoms with Crippen molar-refractivity contribution in [1.82, 2.24) is 4.90 Å². The van der Waals surface area contributed by atoms with Crippen LogP contribution in [0.5, 0.6) is 0 Å². The molecule has 0 N–H and O–H groups in total. The molecule has 0 aliphatic rings. The Morgan fingerprint density at radius 1 is 1.20 bits per heavy atom. The standard InChI is InChI=1S/C10H20F3NS/c1-9(4-8-15)3-6-14(2)7-5-10(11,12)13/h9,15H,3-8H2,1-2H3. The normalized spacial score (nSPS) is 14.6. The predicted octanol–water partition coefficient (Wildman–Crippen LogP) is 3.22. The first-order valence-corrected chi connectivity index (χ1v) is 5.84. The van der Waals surface area contributed by atoms with Crippen LogP contribution in [-0.4, -0.2) is 37.0 Å². The molecular weight excluding hydrogens is 223 g/mol. The maximum Gasteiger partial charge on any atom is 0.390 e. The van der Waals surface area contributed by atoms with Gasteiger partial charge in [0, 0.05) is 6.54 Å². The lowest BCUT2D eigenvalue weighted by atomic mass is 10.1. The Morgan fingerprint density at radius 2 is 1.80 bits per heavy atom. The van der Waals surface area contributed by atoms with Crippen LogP contribution in [0.4, 0.5) is 13.2 Å². The fourth-order valence-electron chi connectivity index (χ4n) is 1.23. The molecule has 0 amide bonds. The van der Waals surface area contributed by atoms with E-state index in [1.54, 1.807) is 11.9 Å². The molecule has 0 rings (SSSR count).